The number of fused-ring (bicyclic) bond motifs is 1. The van der Waals surface area contributed by atoms with Gasteiger partial charge in [0.05, 0.1) is 5.56 Å². The molecule has 0 fully saturated rings. The summed E-state index contributed by atoms with van der Waals surface area (Å²) in [4.78, 5) is 28.5. The first-order valence-electron chi connectivity index (χ1n) is 7.86. The Hall–Kier alpha value is -3.15. The molecule has 1 heterocycles. The van der Waals surface area contributed by atoms with Gasteiger partial charge in [0.15, 0.2) is 18.1 Å². The van der Waals surface area contributed by atoms with Crippen molar-refractivity contribution in [1.29, 1.82) is 0 Å². The first-order chi connectivity index (χ1) is 11.9. The first kappa shape index (κ1) is 16.7. The number of carbonyl (C=O) groups is 2. The highest BCUT2D eigenvalue weighted by atomic mass is 16.5. The second kappa shape index (κ2) is 6.76. The highest BCUT2D eigenvalue weighted by molar-refractivity contribution is 5.98. The molecule has 1 N–H and O–H groups in total. The van der Waals surface area contributed by atoms with Crippen LogP contribution in [0.25, 0.3) is 11.1 Å². The van der Waals surface area contributed by atoms with E-state index in [4.69, 9.17) is 9.15 Å². The van der Waals surface area contributed by atoms with E-state index < -0.39 is 12.1 Å². The number of amides is 1. The van der Waals surface area contributed by atoms with Crippen molar-refractivity contribution in [2.24, 2.45) is 0 Å². The fourth-order valence-electron chi connectivity index (χ4n) is 2.46. The third-order valence-corrected chi connectivity index (χ3v) is 3.86. The maximum atomic E-state index is 12.3. The van der Waals surface area contributed by atoms with Crippen molar-refractivity contribution < 1.29 is 18.7 Å². The molecule has 1 unspecified atom stereocenters. The molecule has 6 nitrogen and oxygen atoms in total. The maximum Gasteiger partial charge on any atom is 0.338 e. The van der Waals surface area contributed by atoms with Gasteiger partial charge < -0.3 is 14.5 Å². The van der Waals surface area contributed by atoms with Crippen LogP contribution < -0.4 is 5.32 Å². The summed E-state index contributed by atoms with van der Waals surface area (Å²) in [5.74, 6) is -0.976. The van der Waals surface area contributed by atoms with Crippen molar-refractivity contribution in [2.45, 2.75) is 26.9 Å². The molecule has 0 spiro atoms. The Morgan fingerprint density at radius 3 is 2.72 bits per heavy atom. The molecule has 0 bridgehead atoms. The number of hydrogen-bond donors (Lipinski definition) is 1. The van der Waals surface area contributed by atoms with Crippen LogP contribution in [0, 0.1) is 13.8 Å². The SMILES string of the molecule is Cc1ccc(NC(=O)C(C)OC(=O)c2ccc3ocnc3c2)c(C)c1. The van der Waals surface area contributed by atoms with Crippen molar-refractivity contribution >= 4 is 28.7 Å². The molecule has 0 saturated carbocycles. The van der Waals surface area contributed by atoms with E-state index in [1.165, 1.54) is 13.3 Å². The van der Waals surface area contributed by atoms with Crippen LogP contribution in [-0.2, 0) is 9.53 Å². The molecular weight excluding hydrogens is 320 g/mol. The fourth-order valence-corrected chi connectivity index (χ4v) is 2.46. The topological polar surface area (TPSA) is 81.4 Å². The van der Waals surface area contributed by atoms with E-state index in [1.54, 1.807) is 18.2 Å². The van der Waals surface area contributed by atoms with Gasteiger partial charge in [0, 0.05) is 5.69 Å². The van der Waals surface area contributed by atoms with Crippen LogP contribution >= 0.6 is 0 Å². The number of benzene rings is 2. The number of esters is 1. The van der Waals surface area contributed by atoms with Crippen LogP contribution in [-0.4, -0.2) is 23.0 Å². The molecule has 25 heavy (non-hydrogen) atoms. The van der Waals surface area contributed by atoms with Gasteiger partial charge >= 0.3 is 5.97 Å². The van der Waals surface area contributed by atoms with Crippen molar-refractivity contribution in [1.82, 2.24) is 4.98 Å². The molecule has 1 atom stereocenters. The van der Waals surface area contributed by atoms with E-state index >= 15 is 0 Å². The lowest BCUT2D eigenvalue weighted by Crippen LogP contribution is -2.30. The number of aromatic nitrogens is 1. The molecule has 6 heteroatoms. The molecule has 2 aromatic carbocycles. The Morgan fingerprint density at radius 1 is 1.16 bits per heavy atom. The lowest BCUT2D eigenvalue weighted by Gasteiger charge is -2.15. The molecular formula is C19H18N2O4. The Balaban J connectivity index is 1.66. The largest absolute Gasteiger partial charge is 0.449 e. The molecule has 0 aliphatic rings. The molecule has 0 saturated heterocycles. The van der Waals surface area contributed by atoms with Gasteiger partial charge in [0.2, 0.25) is 0 Å². The molecule has 3 rings (SSSR count). The van der Waals surface area contributed by atoms with Crippen LogP contribution in [0.5, 0.6) is 0 Å². The van der Waals surface area contributed by atoms with E-state index in [0.29, 0.717) is 22.4 Å². The minimum absolute atomic E-state index is 0.313. The third kappa shape index (κ3) is 3.68. The lowest BCUT2D eigenvalue weighted by molar-refractivity contribution is -0.123. The number of ether oxygens (including phenoxy) is 1. The van der Waals surface area contributed by atoms with Crippen LogP contribution in [0.2, 0.25) is 0 Å². The number of nitrogens with zero attached hydrogens (tertiary/aromatic N) is 1. The summed E-state index contributed by atoms with van der Waals surface area (Å²) >= 11 is 0. The normalized spacial score (nSPS) is 12.0. The summed E-state index contributed by atoms with van der Waals surface area (Å²) in [5, 5.41) is 2.78. The standard InChI is InChI=1S/C19H18N2O4/c1-11-4-6-15(12(2)8-11)21-18(22)13(3)25-19(23)14-5-7-17-16(9-14)20-10-24-17/h4-10,13H,1-3H3,(H,21,22). The zero-order valence-electron chi connectivity index (χ0n) is 14.2. The first-order valence-corrected chi connectivity index (χ1v) is 7.86. The average molecular weight is 338 g/mol. The van der Waals surface area contributed by atoms with Gasteiger partial charge in [0.1, 0.15) is 5.52 Å². The van der Waals surface area contributed by atoms with Crippen molar-refractivity contribution in [2.75, 3.05) is 5.32 Å². The summed E-state index contributed by atoms with van der Waals surface area (Å²) < 4.78 is 10.4. The number of rotatable bonds is 4. The monoisotopic (exact) mass is 338 g/mol. The zero-order chi connectivity index (χ0) is 18.0. The molecule has 1 aromatic heterocycles. The molecule has 128 valence electrons. The second-order valence-corrected chi connectivity index (χ2v) is 5.89. The lowest BCUT2D eigenvalue weighted by atomic mass is 10.1. The van der Waals surface area contributed by atoms with Gasteiger partial charge in [0.25, 0.3) is 5.91 Å². The van der Waals surface area contributed by atoms with Crippen molar-refractivity contribution in [3.8, 4) is 0 Å². The van der Waals surface area contributed by atoms with E-state index in [2.05, 4.69) is 10.3 Å². The number of carbonyl (C=O) groups excluding carboxylic acids is 2. The van der Waals surface area contributed by atoms with E-state index in [-0.39, 0.29) is 5.91 Å². The highest BCUT2D eigenvalue weighted by Gasteiger charge is 2.20. The summed E-state index contributed by atoms with van der Waals surface area (Å²) in [6.07, 6.45) is 0.376. The van der Waals surface area contributed by atoms with Crippen molar-refractivity contribution in [3.63, 3.8) is 0 Å². The molecule has 0 aliphatic carbocycles. The molecule has 0 aliphatic heterocycles. The number of hydrogen-bond acceptors (Lipinski definition) is 5. The fraction of sp³-hybridized carbons (Fsp3) is 0.211. The summed E-state index contributed by atoms with van der Waals surface area (Å²) in [6, 6.07) is 10.5. The zero-order valence-corrected chi connectivity index (χ0v) is 14.2. The molecule has 1 amide bonds. The minimum atomic E-state index is -0.929. The van der Waals surface area contributed by atoms with E-state index in [1.807, 2.05) is 32.0 Å². The van der Waals surface area contributed by atoms with Crippen molar-refractivity contribution in [3.05, 3.63) is 59.5 Å². The smallest absolute Gasteiger partial charge is 0.338 e. The average Bonchev–Trinajstić information content (AvgIpc) is 3.04. The third-order valence-electron chi connectivity index (χ3n) is 3.86. The van der Waals surface area contributed by atoms with Crippen LogP contribution in [0.3, 0.4) is 0 Å². The Labute approximate surface area is 144 Å². The predicted octanol–water partition coefficient (Wildman–Crippen LogP) is 3.63. The summed E-state index contributed by atoms with van der Waals surface area (Å²) in [6.45, 7) is 5.42. The van der Waals surface area contributed by atoms with Crippen LogP contribution in [0.15, 0.2) is 47.2 Å². The van der Waals surface area contributed by atoms with Gasteiger partial charge in [-0.1, -0.05) is 17.7 Å². The molecule has 0 radical (unpaired) electrons. The minimum Gasteiger partial charge on any atom is -0.449 e. The maximum absolute atomic E-state index is 12.3. The van der Waals surface area contributed by atoms with Crippen LogP contribution in [0.1, 0.15) is 28.4 Å². The Kier molecular flexibility index (Phi) is 4.52. The van der Waals surface area contributed by atoms with Crippen LogP contribution in [0.4, 0.5) is 5.69 Å². The second-order valence-electron chi connectivity index (χ2n) is 5.89. The van der Waals surface area contributed by atoms with Gasteiger partial charge in [-0.2, -0.15) is 0 Å². The Bertz CT molecular complexity index is 946. The highest BCUT2D eigenvalue weighted by Crippen LogP contribution is 2.18. The number of anilines is 1. The van der Waals surface area contributed by atoms with Gasteiger partial charge in [-0.3, -0.25) is 4.79 Å². The number of aryl methyl sites for hydroxylation is 2. The van der Waals surface area contributed by atoms with E-state index in [9.17, 15) is 9.59 Å². The van der Waals surface area contributed by atoms with E-state index in [0.717, 1.165) is 11.1 Å². The predicted molar refractivity (Wildman–Crippen MR) is 93.4 cm³/mol. The van der Waals surface area contributed by atoms with Gasteiger partial charge in [-0.05, 0) is 50.6 Å². The number of oxazole rings is 1. The quantitative estimate of drug-likeness (QED) is 0.735. The summed E-state index contributed by atoms with van der Waals surface area (Å²) in [7, 11) is 0. The summed E-state index contributed by atoms with van der Waals surface area (Å²) in [5.41, 5.74) is 4.20. The van der Waals surface area contributed by atoms with Gasteiger partial charge in [-0.25, -0.2) is 9.78 Å². The van der Waals surface area contributed by atoms with Gasteiger partial charge in [-0.15, -0.1) is 0 Å². The Morgan fingerprint density at radius 2 is 1.96 bits per heavy atom. The number of nitrogens with one attached hydrogen (secondary N) is 1. The molecule has 3 aromatic rings.